The lowest BCUT2D eigenvalue weighted by atomic mass is 10.0. The fourth-order valence-corrected chi connectivity index (χ4v) is 2.41. The largest absolute Gasteiger partial charge is 0.352 e. The fraction of sp³-hybridized carbons (Fsp3) is 0.923. The number of amides is 1. The molecule has 1 amide bonds. The molecule has 4 heteroatoms. The number of carbonyl (C=O) groups excluding carboxylic acids is 1. The standard InChI is InChI=1S/C13H27N3O/c1-10-7-9-16(13(2,3)4)11(6-8-14-5)12(17)15-10/h10-11,14H,6-9H2,1-5H3,(H,15,17). The van der Waals surface area contributed by atoms with Crippen molar-refractivity contribution in [3.05, 3.63) is 0 Å². The van der Waals surface area contributed by atoms with E-state index in [9.17, 15) is 4.79 Å². The van der Waals surface area contributed by atoms with Gasteiger partial charge in [0.2, 0.25) is 5.91 Å². The van der Waals surface area contributed by atoms with Crippen molar-refractivity contribution in [1.29, 1.82) is 0 Å². The summed E-state index contributed by atoms with van der Waals surface area (Å²) in [5, 5.41) is 6.23. The maximum absolute atomic E-state index is 12.2. The van der Waals surface area contributed by atoms with Gasteiger partial charge in [0.15, 0.2) is 0 Å². The summed E-state index contributed by atoms with van der Waals surface area (Å²) in [4.78, 5) is 14.5. The molecule has 0 spiro atoms. The molecular weight excluding hydrogens is 214 g/mol. The molecule has 1 saturated heterocycles. The fourth-order valence-electron chi connectivity index (χ4n) is 2.41. The third-order valence-electron chi connectivity index (χ3n) is 3.40. The summed E-state index contributed by atoms with van der Waals surface area (Å²) in [7, 11) is 1.93. The molecule has 0 saturated carbocycles. The first-order valence-electron chi connectivity index (χ1n) is 6.58. The maximum Gasteiger partial charge on any atom is 0.237 e. The zero-order valence-corrected chi connectivity index (χ0v) is 11.8. The second-order valence-corrected chi connectivity index (χ2v) is 5.97. The highest BCUT2D eigenvalue weighted by Crippen LogP contribution is 2.22. The van der Waals surface area contributed by atoms with Crippen LogP contribution < -0.4 is 10.6 Å². The number of carbonyl (C=O) groups is 1. The minimum absolute atomic E-state index is 0.00704. The molecule has 2 atom stereocenters. The van der Waals surface area contributed by atoms with Crippen molar-refractivity contribution in [2.75, 3.05) is 20.1 Å². The van der Waals surface area contributed by atoms with Crippen molar-refractivity contribution in [2.24, 2.45) is 0 Å². The van der Waals surface area contributed by atoms with Crippen molar-refractivity contribution in [2.45, 2.75) is 58.2 Å². The molecule has 1 fully saturated rings. The van der Waals surface area contributed by atoms with Crippen molar-refractivity contribution in [3.8, 4) is 0 Å². The van der Waals surface area contributed by atoms with Gasteiger partial charge in [-0.3, -0.25) is 9.69 Å². The first kappa shape index (κ1) is 14.5. The molecule has 1 heterocycles. The van der Waals surface area contributed by atoms with E-state index in [1.165, 1.54) is 0 Å². The Morgan fingerprint density at radius 3 is 2.65 bits per heavy atom. The van der Waals surface area contributed by atoms with E-state index in [-0.39, 0.29) is 23.5 Å². The minimum atomic E-state index is -0.00704. The molecule has 1 aliphatic rings. The summed E-state index contributed by atoms with van der Waals surface area (Å²) >= 11 is 0. The number of hydrogen-bond acceptors (Lipinski definition) is 3. The lowest BCUT2D eigenvalue weighted by Crippen LogP contribution is -2.53. The summed E-state index contributed by atoms with van der Waals surface area (Å²) in [6.45, 7) is 10.5. The predicted octanol–water partition coefficient (Wildman–Crippen LogP) is 0.973. The van der Waals surface area contributed by atoms with Gasteiger partial charge in [-0.05, 0) is 54.1 Å². The van der Waals surface area contributed by atoms with Crippen molar-refractivity contribution >= 4 is 5.91 Å². The first-order chi connectivity index (χ1) is 7.86. The van der Waals surface area contributed by atoms with Gasteiger partial charge < -0.3 is 10.6 Å². The van der Waals surface area contributed by atoms with Gasteiger partial charge in [0.1, 0.15) is 0 Å². The highest BCUT2D eigenvalue weighted by molar-refractivity contribution is 5.82. The van der Waals surface area contributed by atoms with E-state index >= 15 is 0 Å². The molecule has 1 rings (SSSR count). The molecule has 0 aliphatic carbocycles. The summed E-state index contributed by atoms with van der Waals surface area (Å²) in [5.74, 6) is 0.181. The Balaban J connectivity index is 2.84. The zero-order valence-electron chi connectivity index (χ0n) is 11.8. The lowest BCUT2D eigenvalue weighted by molar-refractivity contribution is -0.128. The third-order valence-corrected chi connectivity index (χ3v) is 3.40. The molecule has 0 bridgehead atoms. The molecule has 100 valence electrons. The first-order valence-corrected chi connectivity index (χ1v) is 6.58. The highest BCUT2D eigenvalue weighted by atomic mass is 16.2. The topological polar surface area (TPSA) is 44.4 Å². The molecular formula is C13H27N3O. The van der Waals surface area contributed by atoms with Gasteiger partial charge in [-0.25, -0.2) is 0 Å². The molecule has 0 radical (unpaired) electrons. The summed E-state index contributed by atoms with van der Waals surface area (Å²) in [6, 6.07) is 0.277. The van der Waals surface area contributed by atoms with Crippen LogP contribution in [-0.4, -0.2) is 48.6 Å². The summed E-state index contributed by atoms with van der Waals surface area (Å²) in [6.07, 6.45) is 1.89. The van der Waals surface area contributed by atoms with Crippen LogP contribution in [0.4, 0.5) is 0 Å². The van der Waals surface area contributed by atoms with E-state index < -0.39 is 0 Å². The average molecular weight is 241 g/mol. The summed E-state index contributed by atoms with van der Waals surface area (Å²) in [5.41, 5.74) is 0.0415. The minimum Gasteiger partial charge on any atom is -0.352 e. The van der Waals surface area contributed by atoms with Crippen LogP contribution in [0.3, 0.4) is 0 Å². The Morgan fingerprint density at radius 2 is 2.12 bits per heavy atom. The van der Waals surface area contributed by atoms with E-state index in [1.54, 1.807) is 0 Å². The van der Waals surface area contributed by atoms with Gasteiger partial charge in [-0.15, -0.1) is 0 Å². The summed E-state index contributed by atoms with van der Waals surface area (Å²) < 4.78 is 0. The van der Waals surface area contributed by atoms with Gasteiger partial charge in [-0.2, -0.15) is 0 Å². The number of rotatable bonds is 3. The second kappa shape index (κ2) is 5.83. The van der Waals surface area contributed by atoms with E-state index in [1.807, 2.05) is 7.05 Å². The van der Waals surface area contributed by atoms with Crippen LogP contribution in [0, 0.1) is 0 Å². The van der Waals surface area contributed by atoms with E-state index in [2.05, 4.69) is 43.2 Å². The van der Waals surface area contributed by atoms with Gasteiger partial charge in [0, 0.05) is 18.1 Å². The van der Waals surface area contributed by atoms with E-state index in [0.29, 0.717) is 0 Å². The Morgan fingerprint density at radius 1 is 1.47 bits per heavy atom. The molecule has 4 nitrogen and oxygen atoms in total. The van der Waals surface area contributed by atoms with Gasteiger partial charge >= 0.3 is 0 Å². The van der Waals surface area contributed by atoms with Crippen LogP contribution in [0.15, 0.2) is 0 Å². The number of hydrogen-bond donors (Lipinski definition) is 2. The van der Waals surface area contributed by atoms with Gasteiger partial charge in [-0.1, -0.05) is 0 Å². The quantitative estimate of drug-likeness (QED) is 0.774. The number of nitrogens with zero attached hydrogens (tertiary/aromatic N) is 1. The van der Waals surface area contributed by atoms with Gasteiger partial charge in [0.05, 0.1) is 6.04 Å². The Hall–Kier alpha value is -0.610. The molecule has 2 N–H and O–H groups in total. The lowest BCUT2D eigenvalue weighted by Gasteiger charge is -2.39. The molecule has 0 aromatic rings. The van der Waals surface area contributed by atoms with E-state index in [4.69, 9.17) is 0 Å². The van der Waals surface area contributed by atoms with Crippen molar-refractivity contribution in [1.82, 2.24) is 15.5 Å². The SMILES string of the molecule is CNCCC1C(=O)NC(C)CCN1C(C)(C)C. The highest BCUT2D eigenvalue weighted by Gasteiger charge is 2.35. The van der Waals surface area contributed by atoms with Crippen molar-refractivity contribution in [3.63, 3.8) is 0 Å². The molecule has 1 aliphatic heterocycles. The van der Waals surface area contributed by atoms with Crippen LogP contribution in [0.1, 0.15) is 40.5 Å². The van der Waals surface area contributed by atoms with Crippen LogP contribution in [0.5, 0.6) is 0 Å². The van der Waals surface area contributed by atoms with Crippen LogP contribution in [0.2, 0.25) is 0 Å². The molecule has 17 heavy (non-hydrogen) atoms. The predicted molar refractivity (Wildman–Crippen MR) is 71.0 cm³/mol. The molecule has 0 aromatic carbocycles. The van der Waals surface area contributed by atoms with E-state index in [0.717, 1.165) is 25.9 Å². The van der Waals surface area contributed by atoms with Crippen LogP contribution in [0.25, 0.3) is 0 Å². The van der Waals surface area contributed by atoms with Crippen molar-refractivity contribution < 1.29 is 4.79 Å². The Bertz CT molecular complexity index is 260. The third kappa shape index (κ3) is 3.96. The Labute approximate surface area is 105 Å². The monoisotopic (exact) mass is 241 g/mol. The van der Waals surface area contributed by atoms with Crippen LogP contribution >= 0.6 is 0 Å². The van der Waals surface area contributed by atoms with Crippen LogP contribution in [-0.2, 0) is 4.79 Å². The zero-order chi connectivity index (χ0) is 13.1. The smallest absolute Gasteiger partial charge is 0.237 e. The molecule has 0 aromatic heterocycles. The average Bonchev–Trinajstić information content (AvgIpc) is 2.33. The normalized spacial score (nSPS) is 27.7. The number of nitrogens with one attached hydrogen (secondary N) is 2. The Kier molecular flexibility index (Phi) is 4.95. The van der Waals surface area contributed by atoms with Gasteiger partial charge in [0.25, 0.3) is 0 Å². The maximum atomic E-state index is 12.2. The molecule has 2 unspecified atom stereocenters. The second-order valence-electron chi connectivity index (χ2n) is 5.97.